The van der Waals surface area contributed by atoms with Crippen molar-refractivity contribution in [1.29, 1.82) is 0 Å². The highest BCUT2D eigenvalue weighted by Crippen LogP contribution is 2.24. The third kappa shape index (κ3) is 5.85. The van der Waals surface area contributed by atoms with E-state index >= 15 is 0 Å². The molecule has 27 heavy (non-hydrogen) atoms. The highest BCUT2D eigenvalue weighted by atomic mass is 16.7. The summed E-state index contributed by atoms with van der Waals surface area (Å²) in [5, 5.41) is 0. The molecule has 0 atom stereocenters. The molecule has 142 valence electrons. The third-order valence-electron chi connectivity index (χ3n) is 4.55. The van der Waals surface area contributed by atoms with Gasteiger partial charge < -0.3 is 14.2 Å². The van der Waals surface area contributed by atoms with E-state index in [0.29, 0.717) is 5.92 Å². The van der Waals surface area contributed by atoms with Crippen molar-refractivity contribution in [3.8, 4) is 17.6 Å². The van der Waals surface area contributed by atoms with Crippen LogP contribution in [0, 0.1) is 11.8 Å². The van der Waals surface area contributed by atoms with E-state index in [4.69, 9.17) is 14.2 Å². The van der Waals surface area contributed by atoms with Crippen molar-refractivity contribution in [3.05, 3.63) is 65.2 Å². The molecule has 1 heterocycles. The minimum atomic E-state index is -0.0323. The van der Waals surface area contributed by atoms with E-state index in [-0.39, 0.29) is 6.29 Å². The van der Waals surface area contributed by atoms with Gasteiger partial charge in [-0.1, -0.05) is 44.2 Å². The lowest BCUT2D eigenvalue weighted by molar-refractivity contribution is -0.189. The Bertz CT molecular complexity index is 745. The number of hydrogen-bond acceptors (Lipinski definition) is 3. The van der Waals surface area contributed by atoms with Gasteiger partial charge in [0, 0.05) is 17.0 Å². The quantitative estimate of drug-likeness (QED) is 0.665. The van der Waals surface area contributed by atoms with Gasteiger partial charge in [0.25, 0.3) is 0 Å². The minimum absolute atomic E-state index is 0.0323. The summed E-state index contributed by atoms with van der Waals surface area (Å²) in [7, 11) is 0. The van der Waals surface area contributed by atoms with Gasteiger partial charge in [0.05, 0.1) is 19.8 Å². The predicted octanol–water partition coefficient (Wildman–Crippen LogP) is 5.13. The fourth-order valence-electron chi connectivity index (χ4n) is 2.98. The molecule has 1 fully saturated rings. The second-order valence-corrected chi connectivity index (χ2v) is 6.83. The van der Waals surface area contributed by atoms with Gasteiger partial charge in [0.1, 0.15) is 5.75 Å². The molecular formula is C24H28O3. The Morgan fingerprint density at radius 2 is 1.44 bits per heavy atom. The molecule has 0 N–H and O–H groups in total. The van der Waals surface area contributed by atoms with Gasteiger partial charge >= 0.3 is 0 Å². The maximum Gasteiger partial charge on any atom is 0.157 e. The summed E-state index contributed by atoms with van der Waals surface area (Å²) in [4.78, 5) is 0. The summed E-state index contributed by atoms with van der Waals surface area (Å²) in [6, 6.07) is 16.3. The minimum Gasteiger partial charge on any atom is -0.494 e. The normalized spacial score (nSPS) is 19.2. The van der Waals surface area contributed by atoms with Gasteiger partial charge in [-0.3, -0.25) is 0 Å². The Balaban J connectivity index is 1.56. The Morgan fingerprint density at radius 3 is 2.00 bits per heavy atom. The fraction of sp³-hybridized carbons (Fsp3) is 0.417. The largest absolute Gasteiger partial charge is 0.494 e. The lowest BCUT2D eigenvalue weighted by Gasteiger charge is -2.29. The second kappa shape index (κ2) is 10.2. The molecule has 1 aliphatic heterocycles. The van der Waals surface area contributed by atoms with Crippen LogP contribution in [0.2, 0.25) is 0 Å². The Morgan fingerprint density at radius 1 is 0.852 bits per heavy atom. The van der Waals surface area contributed by atoms with E-state index in [0.717, 1.165) is 56.0 Å². The van der Waals surface area contributed by atoms with Crippen LogP contribution < -0.4 is 4.74 Å². The summed E-state index contributed by atoms with van der Waals surface area (Å²) < 4.78 is 17.2. The first-order valence-electron chi connectivity index (χ1n) is 9.86. The van der Waals surface area contributed by atoms with Crippen molar-refractivity contribution in [2.75, 3.05) is 19.8 Å². The third-order valence-corrected chi connectivity index (χ3v) is 4.55. The van der Waals surface area contributed by atoms with E-state index in [1.807, 2.05) is 24.3 Å². The molecule has 0 radical (unpaired) electrons. The molecule has 0 bridgehead atoms. The predicted molar refractivity (Wildman–Crippen MR) is 108 cm³/mol. The Labute approximate surface area is 162 Å². The topological polar surface area (TPSA) is 27.7 Å². The maximum atomic E-state index is 5.79. The fourth-order valence-corrected chi connectivity index (χ4v) is 2.98. The summed E-state index contributed by atoms with van der Waals surface area (Å²) >= 11 is 0. The first kappa shape index (κ1) is 19.5. The van der Waals surface area contributed by atoms with E-state index < -0.39 is 0 Å². The molecule has 3 nitrogen and oxygen atoms in total. The van der Waals surface area contributed by atoms with Crippen LogP contribution in [0.1, 0.15) is 55.7 Å². The lowest BCUT2D eigenvalue weighted by atomic mass is 9.99. The first-order chi connectivity index (χ1) is 13.3. The molecule has 3 heteroatoms. The van der Waals surface area contributed by atoms with Crippen LogP contribution in [0.4, 0.5) is 0 Å². The summed E-state index contributed by atoms with van der Waals surface area (Å²) in [6.07, 6.45) is 3.02. The molecule has 1 saturated heterocycles. The van der Waals surface area contributed by atoms with E-state index in [9.17, 15) is 0 Å². The summed E-state index contributed by atoms with van der Waals surface area (Å²) in [5.74, 6) is 7.63. The molecule has 3 rings (SSSR count). The number of benzene rings is 2. The second-order valence-electron chi connectivity index (χ2n) is 6.83. The van der Waals surface area contributed by atoms with Crippen LogP contribution in [0.3, 0.4) is 0 Å². The van der Waals surface area contributed by atoms with Crippen molar-refractivity contribution in [1.82, 2.24) is 0 Å². The highest BCUT2D eigenvalue weighted by molar-refractivity contribution is 5.45. The highest BCUT2D eigenvalue weighted by Gasteiger charge is 2.22. The van der Waals surface area contributed by atoms with Gasteiger partial charge in [-0.15, -0.1) is 0 Å². The van der Waals surface area contributed by atoms with Crippen LogP contribution in [-0.2, 0) is 9.47 Å². The summed E-state index contributed by atoms with van der Waals surface area (Å²) in [6.45, 7) is 6.44. The van der Waals surface area contributed by atoms with E-state index in [1.165, 1.54) is 5.56 Å². The average Bonchev–Trinajstić information content (AvgIpc) is 2.73. The molecule has 2 aromatic carbocycles. The standard InChI is InChI=1S/C24H28O3/c1-3-5-24-26-17-22(18-27-24)21-12-8-19(9-13-21)6-7-20-10-14-23(15-11-20)25-16-4-2/h8-15,22,24H,3-5,16-18H2,1-2H3. The molecular weight excluding hydrogens is 336 g/mol. The smallest absolute Gasteiger partial charge is 0.157 e. The summed E-state index contributed by atoms with van der Waals surface area (Å²) in [5.41, 5.74) is 3.23. The SMILES string of the molecule is CCCOc1ccc(C#Cc2ccc(C3COC(CCC)OC3)cc2)cc1. The monoisotopic (exact) mass is 364 g/mol. The lowest BCUT2D eigenvalue weighted by Crippen LogP contribution is -2.30. The van der Waals surface area contributed by atoms with Gasteiger partial charge in [-0.25, -0.2) is 0 Å². The zero-order chi connectivity index (χ0) is 18.9. The number of hydrogen-bond donors (Lipinski definition) is 0. The molecule has 1 aliphatic rings. The van der Waals surface area contributed by atoms with Gasteiger partial charge in [0.15, 0.2) is 6.29 Å². The molecule has 0 aromatic heterocycles. The van der Waals surface area contributed by atoms with Crippen molar-refractivity contribution in [2.45, 2.75) is 45.3 Å². The number of rotatable bonds is 6. The average molecular weight is 364 g/mol. The zero-order valence-corrected chi connectivity index (χ0v) is 16.2. The molecule has 0 amide bonds. The maximum absolute atomic E-state index is 5.79. The van der Waals surface area contributed by atoms with Crippen molar-refractivity contribution >= 4 is 0 Å². The van der Waals surface area contributed by atoms with Crippen LogP contribution in [-0.4, -0.2) is 26.1 Å². The molecule has 2 aromatic rings. The van der Waals surface area contributed by atoms with Crippen molar-refractivity contribution in [3.63, 3.8) is 0 Å². The van der Waals surface area contributed by atoms with Crippen LogP contribution >= 0.6 is 0 Å². The van der Waals surface area contributed by atoms with E-state index in [2.05, 4.69) is 50.0 Å². The van der Waals surface area contributed by atoms with Gasteiger partial charge in [-0.05, 0) is 54.8 Å². The molecule has 0 saturated carbocycles. The van der Waals surface area contributed by atoms with Gasteiger partial charge in [-0.2, -0.15) is 0 Å². The van der Waals surface area contributed by atoms with E-state index in [1.54, 1.807) is 0 Å². The van der Waals surface area contributed by atoms with Crippen LogP contribution in [0.15, 0.2) is 48.5 Å². The van der Waals surface area contributed by atoms with Gasteiger partial charge in [0.2, 0.25) is 0 Å². The number of ether oxygens (including phenoxy) is 3. The van der Waals surface area contributed by atoms with Crippen LogP contribution in [0.25, 0.3) is 0 Å². The Kier molecular flexibility index (Phi) is 7.33. The first-order valence-corrected chi connectivity index (χ1v) is 9.86. The zero-order valence-electron chi connectivity index (χ0n) is 16.2. The Hall–Kier alpha value is -2.28. The van der Waals surface area contributed by atoms with Crippen molar-refractivity contribution in [2.24, 2.45) is 0 Å². The van der Waals surface area contributed by atoms with Crippen molar-refractivity contribution < 1.29 is 14.2 Å². The molecule has 0 unspecified atom stereocenters. The molecule has 0 spiro atoms. The van der Waals surface area contributed by atoms with Crippen LogP contribution in [0.5, 0.6) is 5.75 Å². The molecule has 0 aliphatic carbocycles.